The summed E-state index contributed by atoms with van der Waals surface area (Å²) in [6.45, 7) is 10.6. The SMILES string of the molecule is CC(C)(C)CCN1CCC[C@H]1Cn1ccnc1. The van der Waals surface area contributed by atoms with Crippen molar-refractivity contribution in [1.29, 1.82) is 0 Å². The Labute approximate surface area is 105 Å². The normalized spacial score (nSPS) is 22.2. The third-order valence-corrected chi connectivity index (χ3v) is 3.63. The van der Waals surface area contributed by atoms with E-state index in [1.165, 1.54) is 32.4 Å². The van der Waals surface area contributed by atoms with E-state index in [2.05, 4.69) is 41.4 Å². The van der Waals surface area contributed by atoms with E-state index in [9.17, 15) is 0 Å². The van der Waals surface area contributed by atoms with Crippen LogP contribution in [0.3, 0.4) is 0 Å². The highest BCUT2D eigenvalue weighted by molar-refractivity contribution is 4.84. The minimum Gasteiger partial charge on any atom is -0.336 e. The van der Waals surface area contributed by atoms with Crippen molar-refractivity contribution in [3.05, 3.63) is 18.7 Å². The van der Waals surface area contributed by atoms with E-state index < -0.39 is 0 Å². The van der Waals surface area contributed by atoms with E-state index >= 15 is 0 Å². The number of imidazole rings is 1. The molecule has 0 amide bonds. The molecule has 0 aromatic carbocycles. The molecule has 2 rings (SSSR count). The number of hydrogen-bond donors (Lipinski definition) is 0. The maximum absolute atomic E-state index is 4.12. The molecule has 0 bridgehead atoms. The number of likely N-dealkylation sites (tertiary alicyclic amines) is 1. The maximum Gasteiger partial charge on any atom is 0.0946 e. The summed E-state index contributed by atoms with van der Waals surface area (Å²) in [7, 11) is 0. The van der Waals surface area contributed by atoms with E-state index in [0.29, 0.717) is 11.5 Å². The molecule has 1 atom stereocenters. The predicted molar refractivity (Wildman–Crippen MR) is 70.9 cm³/mol. The molecule has 1 aliphatic rings. The average molecular weight is 235 g/mol. The minimum absolute atomic E-state index is 0.447. The second-order valence-corrected chi connectivity index (χ2v) is 6.40. The van der Waals surface area contributed by atoms with Crippen molar-refractivity contribution >= 4 is 0 Å². The van der Waals surface area contributed by atoms with Crippen molar-refractivity contribution in [2.75, 3.05) is 13.1 Å². The summed E-state index contributed by atoms with van der Waals surface area (Å²) in [5.41, 5.74) is 0.447. The van der Waals surface area contributed by atoms with Gasteiger partial charge in [-0.3, -0.25) is 4.90 Å². The molecule has 3 heteroatoms. The van der Waals surface area contributed by atoms with Crippen molar-refractivity contribution in [3.8, 4) is 0 Å². The molecule has 1 fully saturated rings. The third kappa shape index (κ3) is 3.84. The Hall–Kier alpha value is -0.830. The van der Waals surface area contributed by atoms with Gasteiger partial charge in [0.05, 0.1) is 6.33 Å². The van der Waals surface area contributed by atoms with E-state index in [1.807, 2.05) is 12.5 Å². The molecule has 2 heterocycles. The van der Waals surface area contributed by atoms with Crippen LogP contribution in [0.1, 0.15) is 40.0 Å². The van der Waals surface area contributed by atoms with E-state index in [1.54, 1.807) is 0 Å². The molecule has 0 saturated carbocycles. The fourth-order valence-corrected chi connectivity index (χ4v) is 2.51. The monoisotopic (exact) mass is 235 g/mol. The Bertz CT molecular complexity index is 324. The summed E-state index contributed by atoms with van der Waals surface area (Å²) < 4.78 is 2.21. The molecule has 0 radical (unpaired) electrons. The van der Waals surface area contributed by atoms with Crippen LogP contribution in [0.15, 0.2) is 18.7 Å². The van der Waals surface area contributed by atoms with Crippen LogP contribution in [-0.4, -0.2) is 33.6 Å². The summed E-state index contributed by atoms with van der Waals surface area (Å²) >= 11 is 0. The minimum atomic E-state index is 0.447. The molecule has 0 spiro atoms. The van der Waals surface area contributed by atoms with Crippen LogP contribution in [0, 0.1) is 5.41 Å². The van der Waals surface area contributed by atoms with Gasteiger partial charge in [0.1, 0.15) is 0 Å². The lowest BCUT2D eigenvalue weighted by Crippen LogP contribution is -2.35. The number of rotatable bonds is 4. The van der Waals surface area contributed by atoms with E-state index in [-0.39, 0.29) is 0 Å². The first kappa shape index (κ1) is 12.6. The number of hydrogen-bond acceptors (Lipinski definition) is 2. The molecule has 0 unspecified atom stereocenters. The van der Waals surface area contributed by atoms with Crippen LogP contribution in [-0.2, 0) is 6.54 Å². The highest BCUT2D eigenvalue weighted by atomic mass is 15.2. The summed E-state index contributed by atoms with van der Waals surface area (Å²) in [6.07, 6.45) is 9.84. The van der Waals surface area contributed by atoms with Crippen LogP contribution in [0.5, 0.6) is 0 Å². The largest absolute Gasteiger partial charge is 0.336 e. The molecular formula is C14H25N3. The lowest BCUT2D eigenvalue weighted by atomic mass is 9.92. The van der Waals surface area contributed by atoms with Gasteiger partial charge in [-0.25, -0.2) is 4.98 Å². The van der Waals surface area contributed by atoms with Crippen LogP contribution in [0.4, 0.5) is 0 Å². The van der Waals surface area contributed by atoms with Crippen molar-refractivity contribution in [3.63, 3.8) is 0 Å². The first-order valence-electron chi connectivity index (χ1n) is 6.74. The quantitative estimate of drug-likeness (QED) is 0.800. The van der Waals surface area contributed by atoms with Gasteiger partial charge < -0.3 is 4.57 Å². The Balaban J connectivity index is 1.85. The van der Waals surface area contributed by atoms with Gasteiger partial charge in [0.15, 0.2) is 0 Å². The molecular weight excluding hydrogens is 210 g/mol. The smallest absolute Gasteiger partial charge is 0.0946 e. The fourth-order valence-electron chi connectivity index (χ4n) is 2.51. The molecule has 3 nitrogen and oxygen atoms in total. The Morgan fingerprint density at radius 3 is 2.82 bits per heavy atom. The van der Waals surface area contributed by atoms with Gasteiger partial charge in [-0.15, -0.1) is 0 Å². The predicted octanol–water partition coefficient (Wildman–Crippen LogP) is 2.78. The zero-order valence-electron chi connectivity index (χ0n) is 11.4. The van der Waals surface area contributed by atoms with Gasteiger partial charge in [0.25, 0.3) is 0 Å². The highest BCUT2D eigenvalue weighted by Gasteiger charge is 2.25. The zero-order valence-corrected chi connectivity index (χ0v) is 11.4. The van der Waals surface area contributed by atoms with Crippen molar-refractivity contribution < 1.29 is 0 Å². The lowest BCUT2D eigenvalue weighted by Gasteiger charge is -2.28. The lowest BCUT2D eigenvalue weighted by molar-refractivity contribution is 0.199. The third-order valence-electron chi connectivity index (χ3n) is 3.63. The van der Waals surface area contributed by atoms with Gasteiger partial charge in [0.2, 0.25) is 0 Å². The Kier molecular flexibility index (Phi) is 3.87. The molecule has 1 saturated heterocycles. The van der Waals surface area contributed by atoms with Gasteiger partial charge in [0, 0.05) is 25.0 Å². The summed E-state index contributed by atoms with van der Waals surface area (Å²) in [6, 6.07) is 0.714. The second kappa shape index (κ2) is 5.21. The average Bonchev–Trinajstić information content (AvgIpc) is 2.86. The van der Waals surface area contributed by atoms with Gasteiger partial charge in [-0.2, -0.15) is 0 Å². The van der Waals surface area contributed by atoms with Gasteiger partial charge >= 0.3 is 0 Å². The second-order valence-electron chi connectivity index (χ2n) is 6.40. The molecule has 1 aromatic rings. The zero-order chi connectivity index (χ0) is 12.3. The summed E-state index contributed by atoms with van der Waals surface area (Å²) in [5, 5.41) is 0. The van der Waals surface area contributed by atoms with Crippen LogP contribution in [0.25, 0.3) is 0 Å². The molecule has 96 valence electrons. The van der Waals surface area contributed by atoms with Gasteiger partial charge in [-0.05, 0) is 37.8 Å². The molecule has 1 aromatic heterocycles. The van der Waals surface area contributed by atoms with Crippen molar-refractivity contribution in [2.45, 2.75) is 52.6 Å². The van der Waals surface area contributed by atoms with Crippen molar-refractivity contribution in [1.82, 2.24) is 14.5 Å². The molecule has 1 aliphatic heterocycles. The number of nitrogens with zero attached hydrogens (tertiary/aromatic N) is 3. The standard InChI is InChI=1S/C14H25N3/c1-14(2,3)6-9-17-8-4-5-13(17)11-16-10-7-15-12-16/h7,10,12-13H,4-6,8-9,11H2,1-3H3/t13-/m0/s1. The Morgan fingerprint density at radius 1 is 1.35 bits per heavy atom. The van der Waals surface area contributed by atoms with E-state index in [4.69, 9.17) is 0 Å². The van der Waals surface area contributed by atoms with E-state index in [0.717, 1.165) is 6.54 Å². The van der Waals surface area contributed by atoms with Gasteiger partial charge in [-0.1, -0.05) is 20.8 Å². The molecule has 0 N–H and O–H groups in total. The molecule has 0 aliphatic carbocycles. The Morgan fingerprint density at radius 2 is 2.18 bits per heavy atom. The van der Waals surface area contributed by atoms with Crippen LogP contribution >= 0.6 is 0 Å². The van der Waals surface area contributed by atoms with Crippen molar-refractivity contribution in [2.24, 2.45) is 5.41 Å². The highest BCUT2D eigenvalue weighted by Crippen LogP contribution is 2.24. The van der Waals surface area contributed by atoms with Crippen LogP contribution < -0.4 is 0 Å². The topological polar surface area (TPSA) is 21.1 Å². The summed E-state index contributed by atoms with van der Waals surface area (Å²) in [5.74, 6) is 0. The first-order valence-corrected chi connectivity index (χ1v) is 6.74. The molecule has 17 heavy (non-hydrogen) atoms. The maximum atomic E-state index is 4.12. The summed E-state index contributed by atoms with van der Waals surface area (Å²) in [4.78, 5) is 6.78. The number of aromatic nitrogens is 2. The van der Waals surface area contributed by atoms with Crippen LogP contribution in [0.2, 0.25) is 0 Å². The first-order chi connectivity index (χ1) is 8.04. The fraction of sp³-hybridized carbons (Fsp3) is 0.786.